The summed E-state index contributed by atoms with van der Waals surface area (Å²) in [6, 6.07) is 0. The van der Waals surface area contributed by atoms with Crippen LogP contribution in [0.4, 0.5) is 13.2 Å². The van der Waals surface area contributed by atoms with E-state index in [1.54, 1.807) is 0 Å². The highest BCUT2D eigenvalue weighted by Gasteiger charge is 2.26. The molecule has 96 valence electrons. The van der Waals surface area contributed by atoms with Crippen molar-refractivity contribution in [3.8, 4) is 0 Å². The third-order valence-electron chi connectivity index (χ3n) is 2.53. The van der Waals surface area contributed by atoms with E-state index < -0.39 is 18.8 Å². The summed E-state index contributed by atoms with van der Waals surface area (Å²) >= 11 is 0. The zero-order valence-electron chi connectivity index (χ0n) is 9.09. The van der Waals surface area contributed by atoms with Crippen LogP contribution in [0.1, 0.15) is 25.7 Å². The molecular weight excluding hydrogens is 223 g/mol. The molecule has 0 saturated heterocycles. The van der Waals surface area contributed by atoms with Gasteiger partial charge in [0.1, 0.15) is 0 Å². The zero-order valence-corrected chi connectivity index (χ0v) is 9.09. The minimum atomic E-state index is -4.23. The first-order valence-corrected chi connectivity index (χ1v) is 5.54. The predicted octanol–water partition coefficient (Wildman–Crippen LogP) is 1.46. The number of ether oxygens (including phenoxy) is 1. The minimum absolute atomic E-state index is 0.0910. The molecule has 0 amide bonds. The molecule has 1 saturated carbocycles. The smallest absolute Gasteiger partial charge is 0.389 e. The van der Waals surface area contributed by atoms with E-state index in [1.165, 1.54) is 0 Å². The Morgan fingerprint density at radius 1 is 1.31 bits per heavy atom. The summed E-state index contributed by atoms with van der Waals surface area (Å²) in [5.41, 5.74) is 0. The maximum atomic E-state index is 11.8. The highest BCUT2D eigenvalue weighted by atomic mass is 19.4. The van der Waals surface area contributed by atoms with Gasteiger partial charge in [-0.3, -0.25) is 0 Å². The van der Waals surface area contributed by atoms with Crippen molar-refractivity contribution in [3.05, 3.63) is 0 Å². The van der Waals surface area contributed by atoms with Crippen LogP contribution in [0.3, 0.4) is 0 Å². The fourth-order valence-electron chi connectivity index (χ4n) is 1.74. The summed E-state index contributed by atoms with van der Waals surface area (Å²) in [4.78, 5) is 0. The van der Waals surface area contributed by atoms with Crippen LogP contribution in [0.2, 0.25) is 0 Å². The van der Waals surface area contributed by atoms with Gasteiger partial charge in [-0.1, -0.05) is 12.8 Å². The molecule has 6 heteroatoms. The van der Waals surface area contributed by atoms with Gasteiger partial charge in [0.15, 0.2) is 0 Å². The van der Waals surface area contributed by atoms with E-state index in [2.05, 4.69) is 5.32 Å². The Hall–Kier alpha value is -0.330. The molecule has 0 spiro atoms. The van der Waals surface area contributed by atoms with Crippen molar-refractivity contribution >= 4 is 0 Å². The van der Waals surface area contributed by atoms with E-state index in [4.69, 9.17) is 4.74 Å². The molecule has 1 unspecified atom stereocenters. The first-order chi connectivity index (χ1) is 7.47. The lowest BCUT2D eigenvalue weighted by Crippen LogP contribution is -2.37. The number of halogens is 3. The molecule has 1 atom stereocenters. The second-order valence-electron chi connectivity index (χ2n) is 4.14. The largest absolute Gasteiger partial charge is 0.401 e. The predicted molar refractivity (Wildman–Crippen MR) is 53.1 cm³/mol. The van der Waals surface area contributed by atoms with Crippen LogP contribution >= 0.6 is 0 Å². The monoisotopic (exact) mass is 241 g/mol. The third-order valence-corrected chi connectivity index (χ3v) is 2.53. The summed E-state index contributed by atoms with van der Waals surface area (Å²) in [7, 11) is 0. The first-order valence-electron chi connectivity index (χ1n) is 5.54. The van der Waals surface area contributed by atoms with Gasteiger partial charge in [-0.25, -0.2) is 0 Å². The molecule has 1 aliphatic carbocycles. The molecule has 1 rings (SSSR count). The highest BCUT2D eigenvalue weighted by molar-refractivity contribution is 4.68. The third kappa shape index (κ3) is 6.30. The molecule has 3 nitrogen and oxygen atoms in total. The molecule has 2 N–H and O–H groups in total. The van der Waals surface area contributed by atoms with E-state index in [-0.39, 0.29) is 19.3 Å². The number of aliphatic hydroxyl groups is 1. The van der Waals surface area contributed by atoms with E-state index in [0.29, 0.717) is 0 Å². The average molecular weight is 241 g/mol. The van der Waals surface area contributed by atoms with Crippen LogP contribution in [0.5, 0.6) is 0 Å². The number of alkyl halides is 3. The lowest BCUT2D eigenvalue weighted by molar-refractivity contribution is -0.126. The standard InChI is InChI=1S/C10H18F3NO2/c11-10(12,13)7-14-5-8(15)6-16-9-3-1-2-4-9/h8-9,14-15H,1-7H2. The van der Waals surface area contributed by atoms with Gasteiger partial charge in [-0.15, -0.1) is 0 Å². The quantitative estimate of drug-likeness (QED) is 0.739. The Labute approximate surface area is 93.0 Å². The van der Waals surface area contributed by atoms with Gasteiger partial charge in [0.25, 0.3) is 0 Å². The van der Waals surface area contributed by atoms with Crippen LogP contribution in [-0.4, -0.2) is 43.2 Å². The zero-order chi connectivity index (χ0) is 12.0. The fraction of sp³-hybridized carbons (Fsp3) is 1.00. The molecule has 0 radical (unpaired) electrons. The van der Waals surface area contributed by atoms with E-state index in [0.717, 1.165) is 25.7 Å². The first kappa shape index (κ1) is 13.7. The second-order valence-corrected chi connectivity index (χ2v) is 4.14. The molecule has 16 heavy (non-hydrogen) atoms. The Balaban J connectivity index is 2.00. The van der Waals surface area contributed by atoms with Crippen LogP contribution < -0.4 is 5.32 Å². The fourth-order valence-corrected chi connectivity index (χ4v) is 1.74. The maximum Gasteiger partial charge on any atom is 0.401 e. The molecule has 0 bridgehead atoms. The van der Waals surface area contributed by atoms with Crippen molar-refractivity contribution in [1.82, 2.24) is 5.32 Å². The number of hydrogen-bond donors (Lipinski definition) is 2. The Kier molecular flexibility index (Phi) is 5.51. The van der Waals surface area contributed by atoms with Crippen LogP contribution in [-0.2, 0) is 4.74 Å². The van der Waals surface area contributed by atoms with E-state index >= 15 is 0 Å². The summed E-state index contributed by atoms with van der Waals surface area (Å²) in [6.45, 7) is -1.06. The molecule has 0 aromatic heterocycles. The Bertz CT molecular complexity index is 193. The van der Waals surface area contributed by atoms with Gasteiger partial charge in [0.2, 0.25) is 0 Å². The van der Waals surface area contributed by atoms with Gasteiger partial charge in [-0.2, -0.15) is 13.2 Å². The molecule has 1 aliphatic rings. The van der Waals surface area contributed by atoms with Crippen LogP contribution in [0.15, 0.2) is 0 Å². The lowest BCUT2D eigenvalue weighted by atomic mass is 10.3. The summed E-state index contributed by atoms with van der Waals surface area (Å²) in [5, 5.41) is 11.5. The normalized spacial score (nSPS) is 20.2. The molecular formula is C10H18F3NO2. The number of hydrogen-bond acceptors (Lipinski definition) is 3. The number of rotatable bonds is 6. The molecule has 0 aliphatic heterocycles. The minimum Gasteiger partial charge on any atom is -0.389 e. The average Bonchev–Trinajstić information content (AvgIpc) is 2.65. The van der Waals surface area contributed by atoms with E-state index in [9.17, 15) is 18.3 Å². The Morgan fingerprint density at radius 3 is 2.50 bits per heavy atom. The van der Waals surface area contributed by atoms with Crippen molar-refractivity contribution in [2.45, 2.75) is 44.1 Å². The van der Waals surface area contributed by atoms with Gasteiger partial charge in [-0.05, 0) is 12.8 Å². The topological polar surface area (TPSA) is 41.5 Å². The second kappa shape index (κ2) is 6.42. The van der Waals surface area contributed by atoms with Crippen molar-refractivity contribution in [2.75, 3.05) is 19.7 Å². The van der Waals surface area contributed by atoms with Crippen LogP contribution in [0, 0.1) is 0 Å². The maximum absolute atomic E-state index is 11.8. The van der Waals surface area contributed by atoms with E-state index in [1.807, 2.05) is 0 Å². The van der Waals surface area contributed by atoms with Crippen LogP contribution in [0.25, 0.3) is 0 Å². The van der Waals surface area contributed by atoms with Gasteiger partial charge < -0.3 is 15.2 Å². The van der Waals surface area contributed by atoms with Gasteiger partial charge in [0.05, 0.1) is 25.4 Å². The number of nitrogens with one attached hydrogen (secondary N) is 1. The van der Waals surface area contributed by atoms with Crippen molar-refractivity contribution in [3.63, 3.8) is 0 Å². The summed E-state index contributed by atoms with van der Waals surface area (Å²) in [5.74, 6) is 0. The molecule has 0 aromatic carbocycles. The Morgan fingerprint density at radius 2 is 1.94 bits per heavy atom. The van der Waals surface area contributed by atoms with Gasteiger partial charge >= 0.3 is 6.18 Å². The van der Waals surface area contributed by atoms with Crippen molar-refractivity contribution in [2.24, 2.45) is 0 Å². The van der Waals surface area contributed by atoms with Crippen molar-refractivity contribution < 1.29 is 23.0 Å². The highest BCUT2D eigenvalue weighted by Crippen LogP contribution is 2.20. The summed E-state index contributed by atoms with van der Waals surface area (Å²) < 4.78 is 40.7. The SMILES string of the molecule is OC(CNCC(F)(F)F)COC1CCCC1. The lowest BCUT2D eigenvalue weighted by Gasteiger charge is -2.16. The van der Waals surface area contributed by atoms with Gasteiger partial charge in [0, 0.05) is 6.54 Å². The van der Waals surface area contributed by atoms with Crippen molar-refractivity contribution in [1.29, 1.82) is 0 Å². The molecule has 0 aromatic rings. The number of aliphatic hydroxyl groups excluding tert-OH is 1. The summed E-state index contributed by atoms with van der Waals surface area (Å²) in [6.07, 6.45) is -0.683. The molecule has 1 fully saturated rings. The molecule has 0 heterocycles.